The van der Waals surface area contributed by atoms with Crippen molar-refractivity contribution in [3.05, 3.63) is 0 Å². The van der Waals surface area contributed by atoms with E-state index in [1.807, 2.05) is 0 Å². The highest BCUT2D eigenvalue weighted by Gasteiger charge is 2.32. The average Bonchev–Trinajstić information content (AvgIpc) is 1.82. The van der Waals surface area contributed by atoms with Crippen molar-refractivity contribution in [3.8, 4) is 0 Å². The van der Waals surface area contributed by atoms with Gasteiger partial charge >= 0.3 is 7.60 Å². The average molecular weight is 209 g/mol. The Morgan fingerprint density at radius 3 is 1.46 bits per heavy atom. The first kappa shape index (κ1) is 13.1. The molecule has 0 aromatic rings. The van der Waals surface area contributed by atoms with E-state index in [1.54, 1.807) is 34.6 Å². The van der Waals surface area contributed by atoms with Crippen LogP contribution in [0.25, 0.3) is 0 Å². The zero-order valence-corrected chi connectivity index (χ0v) is 9.88. The number of nitrogens with two attached hydrogens (primary N) is 1. The molecule has 0 saturated heterocycles. The fraction of sp³-hybridized carbons (Fsp3) is 1.00. The molecule has 0 aromatic heterocycles. The lowest BCUT2D eigenvalue weighted by atomic mass is 10.5. The van der Waals surface area contributed by atoms with Gasteiger partial charge in [-0.25, -0.2) is 0 Å². The first-order valence-electron chi connectivity index (χ1n) is 4.50. The Morgan fingerprint density at radius 1 is 1.00 bits per heavy atom. The lowest BCUT2D eigenvalue weighted by Gasteiger charge is -2.25. The summed E-state index contributed by atoms with van der Waals surface area (Å²) >= 11 is 0. The van der Waals surface area contributed by atoms with Crippen LogP contribution in [0.5, 0.6) is 0 Å². The molecule has 0 aromatic carbocycles. The van der Waals surface area contributed by atoms with E-state index >= 15 is 0 Å². The quantitative estimate of drug-likeness (QED) is 0.706. The number of rotatable bonds is 5. The third kappa shape index (κ3) is 4.77. The third-order valence-corrected chi connectivity index (χ3v) is 3.64. The van der Waals surface area contributed by atoms with Crippen molar-refractivity contribution in [1.29, 1.82) is 0 Å². The zero-order valence-electron chi connectivity index (χ0n) is 8.98. The Hall–Kier alpha value is 0.110. The van der Waals surface area contributed by atoms with Gasteiger partial charge in [-0.15, -0.1) is 0 Å². The van der Waals surface area contributed by atoms with Crippen molar-refractivity contribution in [2.24, 2.45) is 5.73 Å². The molecule has 0 amide bonds. The summed E-state index contributed by atoms with van der Waals surface area (Å²) in [5, 5.41) is 0. The zero-order chi connectivity index (χ0) is 10.6. The van der Waals surface area contributed by atoms with Crippen LogP contribution in [0, 0.1) is 0 Å². The van der Waals surface area contributed by atoms with Crippen molar-refractivity contribution in [2.75, 3.05) is 0 Å². The summed E-state index contributed by atoms with van der Waals surface area (Å²) in [5.41, 5.74) is 5.55. The van der Waals surface area contributed by atoms with Gasteiger partial charge in [0.2, 0.25) is 0 Å². The molecule has 0 radical (unpaired) electrons. The van der Waals surface area contributed by atoms with Crippen molar-refractivity contribution < 1.29 is 13.6 Å². The second kappa shape index (κ2) is 5.11. The highest BCUT2D eigenvalue weighted by Crippen LogP contribution is 2.52. The van der Waals surface area contributed by atoms with Gasteiger partial charge in [-0.2, -0.15) is 0 Å². The molecule has 0 heterocycles. The molecule has 0 bridgehead atoms. The van der Waals surface area contributed by atoms with Crippen LogP contribution in [0.4, 0.5) is 0 Å². The fourth-order valence-electron chi connectivity index (χ4n) is 0.805. The highest BCUT2D eigenvalue weighted by atomic mass is 31.2. The molecule has 80 valence electrons. The summed E-state index contributed by atoms with van der Waals surface area (Å²) in [6.07, 6.45) is -0.286. The molecule has 0 fully saturated rings. The molecular formula is C8H20NO3P. The fourth-order valence-corrected chi connectivity index (χ4v) is 2.41. The largest absolute Gasteiger partial charge is 0.347 e. The van der Waals surface area contributed by atoms with Crippen molar-refractivity contribution in [3.63, 3.8) is 0 Å². The second-order valence-corrected chi connectivity index (χ2v) is 5.90. The minimum Gasteiger partial charge on any atom is -0.318 e. The summed E-state index contributed by atoms with van der Waals surface area (Å²) in [7, 11) is -3.13. The first-order chi connectivity index (χ1) is 5.78. The molecule has 5 heteroatoms. The van der Waals surface area contributed by atoms with Crippen LogP contribution in [0.15, 0.2) is 0 Å². The Kier molecular flexibility index (Phi) is 5.15. The maximum atomic E-state index is 12.0. The summed E-state index contributed by atoms with van der Waals surface area (Å²) in [6, 6.07) is 0. The molecular weight excluding hydrogens is 189 g/mol. The van der Waals surface area contributed by atoms with E-state index in [0.29, 0.717) is 0 Å². The SMILES string of the molecule is CC(C)OP(=O)(OC(C)C)C(C)N. The van der Waals surface area contributed by atoms with Gasteiger partial charge in [0, 0.05) is 0 Å². The summed E-state index contributed by atoms with van der Waals surface area (Å²) in [5.74, 6) is -0.586. The van der Waals surface area contributed by atoms with Gasteiger partial charge in [0.05, 0.1) is 12.2 Å². The minimum atomic E-state index is -3.13. The first-order valence-corrected chi connectivity index (χ1v) is 6.11. The van der Waals surface area contributed by atoms with Gasteiger partial charge in [-0.1, -0.05) is 0 Å². The summed E-state index contributed by atoms with van der Waals surface area (Å²) < 4.78 is 22.4. The van der Waals surface area contributed by atoms with Gasteiger partial charge in [0.1, 0.15) is 5.78 Å². The molecule has 0 rings (SSSR count). The van der Waals surface area contributed by atoms with E-state index in [0.717, 1.165) is 0 Å². The van der Waals surface area contributed by atoms with Crippen LogP contribution in [-0.4, -0.2) is 18.0 Å². The lowest BCUT2D eigenvalue weighted by Crippen LogP contribution is -2.22. The van der Waals surface area contributed by atoms with E-state index in [-0.39, 0.29) is 12.2 Å². The molecule has 1 atom stereocenters. The third-order valence-electron chi connectivity index (χ3n) is 1.21. The molecule has 0 aliphatic carbocycles. The monoisotopic (exact) mass is 209 g/mol. The van der Waals surface area contributed by atoms with E-state index in [1.165, 1.54) is 0 Å². The van der Waals surface area contributed by atoms with Crippen LogP contribution >= 0.6 is 7.60 Å². The molecule has 0 aliphatic heterocycles. The molecule has 4 nitrogen and oxygen atoms in total. The van der Waals surface area contributed by atoms with E-state index in [2.05, 4.69) is 0 Å². The van der Waals surface area contributed by atoms with Gasteiger partial charge in [-0.3, -0.25) is 4.57 Å². The standard InChI is InChI=1S/C8H20NO3P/c1-6(2)11-13(10,8(5)9)12-7(3)4/h6-8H,9H2,1-5H3. The smallest absolute Gasteiger partial charge is 0.318 e. The summed E-state index contributed by atoms with van der Waals surface area (Å²) in [6.45, 7) is 8.85. The van der Waals surface area contributed by atoms with E-state index < -0.39 is 13.4 Å². The molecule has 1 unspecified atom stereocenters. The van der Waals surface area contributed by atoms with Crippen LogP contribution in [0.2, 0.25) is 0 Å². The Balaban J connectivity index is 4.45. The molecule has 0 spiro atoms. The normalized spacial score (nSPS) is 15.4. The number of hydrogen-bond donors (Lipinski definition) is 1. The van der Waals surface area contributed by atoms with Crippen LogP contribution in [0.3, 0.4) is 0 Å². The van der Waals surface area contributed by atoms with Gasteiger partial charge in [0.15, 0.2) is 0 Å². The Morgan fingerprint density at radius 2 is 1.31 bits per heavy atom. The lowest BCUT2D eigenvalue weighted by molar-refractivity contribution is 0.137. The molecule has 0 aliphatic rings. The van der Waals surface area contributed by atoms with Crippen LogP contribution in [0.1, 0.15) is 34.6 Å². The second-order valence-electron chi connectivity index (χ2n) is 3.59. The van der Waals surface area contributed by atoms with Gasteiger partial charge < -0.3 is 14.8 Å². The van der Waals surface area contributed by atoms with E-state index in [4.69, 9.17) is 14.8 Å². The van der Waals surface area contributed by atoms with Crippen LogP contribution in [-0.2, 0) is 13.6 Å². The predicted molar refractivity (Wildman–Crippen MR) is 53.7 cm³/mol. The molecule has 2 N–H and O–H groups in total. The highest BCUT2D eigenvalue weighted by molar-refractivity contribution is 7.54. The molecule has 13 heavy (non-hydrogen) atoms. The van der Waals surface area contributed by atoms with Crippen molar-refractivity contribution in [2.45, 2.75) is 52.6 Å². The van der Waals surface area contributed by atoms with Crippen LogP contribution < -0.4 is 5.73 Å². The number of hydrogen-bond acceptors (Lipinski definition) is 4. The predicted octanol–water partition coefficient (Wildman–Crippen LogP) is 2.33. The van der Waals surface area contributed by atoms with E-state index in [9.17, 15) is 4.57 Å². The summed E-state index contributed by atoms with van der Waals surface area (Å²) in [4.78, 5) is 0. The Bertz CT molecular complexity index is 178. The van der Waals surface area contributed by atoms with Crippen molar-refractivity contribution in [1.82, 2.24) is 0 Å². The minimum absolute atomic E-state index is 0.143. The van der Waals surface area contributed by atoms with Gasteiger partial charge in [0.25, 0.3) is 0 Å². The van der Waals surface area contributed by atoms with Crippen molar-refractivity contribution >= 4 is 7.60 Å². The Labute approximate surface area is 80.3 Å². The molecule has 0 saturated carbocycles. The van der Waals surface area contributed by atoms with Gasteiger partial charge in [-0.05, 0) is 34.6 Å². The topological polar surface area (TPSA) is 61.5 Å². The maximum absolute atomic E-state index is 12.0. The maximum Gasteiger partial charge on any atom is 0.347 e.